The average molecular weight is 382 g/mol. The van der Waals surface area contributed by atoms with Gasteiger partial charge < -0.3 is 19.3 Å². The summed E-state index contributed by atoms with van der Waals surface area (Å²) in [5, 5.41) is 10.1. The third-order valence-electron chi connectivity index (χ3n) is 4.46. The molecule has 0 atom stereocenters. The van der Waals surface area contributed by atoms with Gasteiger partial charge >= 0.3 is 0 Å². The zero-order valence-corrected chi connectivity index (χ0v) is 16.5. The minimum absolute atomic E-state index is 0.0312. The summed E-state index contributed by atoms with van der Waals surface area (Å²) in [6.07, 6.45) is 3.19. The summed E-state index contributed by atoms with van der Waals surface area (Å²) in [6, 6.07) is 11.4. The van der Waals surface area contributed by atoms with Crippen molar-refractivity contribution in [1.29, 1.82) is 0 Å². The van der Waals surface area contributed by atoms with E-state index in [0.717, 1.165) is 11.1 Å². The van der Waals surface area contributed by atoms with E-state index in [2.05, 4.69) is 0 Å². The molecule has 2 heterocycles. The standard InChI is InChI=1S/C23H26O5/c1-15(2)27-21-12-17-5-9-19(25)14-18(24)8-4-16-6-10-20(11-7-16)28-22(13-17)23(21)26-3/h6-7,10-15,25H,4-5,8-9H2,1-3H3/b19-14-. The maximum absolute atomic E-state index is 12.1. The molecule has 2 aliphatic rings. The lowest BCUT2D eigenvalue weighted by molar-refractivity contribution is -0.114. The van der Waals surface area contributed by atoms with Crippen molar-refractivity contribution < 1.29 is 24.1 Å². The molecule has 2 aromatic rings. The fourth-order valence-electron chi connectivity index (χ4n) is 3.12. The van der Waals surface area contributed by atoms with Gasteiger partial charge in [-0.2, -0.15) is 0 Å². The summed E-state index contributed by atoms with van der Waals surface area (Å²) in [5.74, 6) is 2.35. The van der Waals surface area contributed by atoms with Gasteiger partial charge in [-0.25, -0.2) is 0 Å². The molecule has 0 saturated carbocycles. The molecule has 5 nitrogen and oxygen atoms in total. The minimum Gasteiger partial charge on any atom is -0.512 e. The van der Waals surface area contributed by atoms with Crippen molar-refractivity contribution in [1.82, 2.24) is 0 Å². The van der Waals surface area contributed by atoms with Crippen LogP contribution in [0.2, 0.25) is 0 Å². The number of hydrogen-bond acceptors (Lipinski definition) is 5. The van der Waals surface area contributed by atoms with Gasteiger partial charge in [0, 0.05) is 18.9 Å². The second-order valence-corrected chi connectivity index (χ2v) is 7.14. The first-order valence-electron chi connectivity index (χ1n) is 9.51. The molecule has 0 fully saturated rings. The van der Waals surface area contributed by atoms with Gasteiger partial charge in [0.2, 0.25) is 5.75 Å². The van der Waals surface area contributed by atoms with Crippen LogP contribution in [0.25, 0.3) is 0 Å². The molecule has 0 aromatic heterocycles. The van der Waals surface area contributed by atoms with Gasteiger partial charge in [-0.15, -0.1) is 0 Å². The van der Waals surface area contributed by atoms with Gasteiger partial charge in [0.15, 0.2) is 17.3 Å². The van der Waals surface area contributed by atoms with Crippen molar-refractivity contribution in [2.45, 2.75) is 45.6 Å². The first-order valence-corrected chi connectivity index (χ1v) is 9.51. The quantitative estimate of drug-likeness (QED) is 0.794. The molecule has 5 heteroatoms. The van der Waals surface area contributed by atoms with E-state index in [-0.39, 0.29) is 17.6 Å². The van der Waals surface area contributed by atoms with Crippen LogP contribution >= 0.6 is 0 Å². The molecule has 28 heavy (non-hydrogen) atoms. The van der Waals surface area contributed by atoms with Crippen LogP contribution in [-0.2, 0) is 17.6 Å². The van der Waals surface area contributed by atoms with Crippen LogP contribution in [0, 0.1) is 0 Å². The van der Waals surface area contributed by atoms with Gasteiger partial charge in [0.1, 0.15) is 5.75 Å². The molecule has 1 N–H and O–H groups in total. The lowest BCUT2D eigenvalue weighted by atomic mass is 10.1. The maximum atomic E-state index is 12.1. The number of fused-ring (bicyclic) bond motifs is 7. The number of hydrogen-bond donors (Lipinski definition) is 1. The van der Waals surface area contributed by atoms with Gasteiger partial charge in [0.05, 0.1) is 19.0 Å². The highest BCUT2D eigenvalue weighted by Gasteiger charge is 2.17. The highest BCUT2D eigenvalue weighted by Crippen LogP contribution is 2.41. The van der Waals surface area contributed by atoms with E-state index in [1.54, 1.807) is 7.11 Å². The Hall–Kier alpha value is -2.95. The predicted octanol–water partition coefficient (Wildman–Crippen LogP) is 5.16. The molecule has 2 aliphatic heterocycles. The van der Waals surface area contributed by atoms with Crippen molar-refractivity contribution in [3.63, 3.8) is 0 Å². The molecular formula is C23H26O5. The first kappa shape index (κ1) is 19.8. The lowest BCUT2D eigenvalue weighted by Crippen LogP contribution is -2.08. The Balaban J connectivity index is 2.05. The number of allylic oxidation sites excluding steroid dienone is 2. The number of ketones is 1. The van der Waals surface area contributed by atoms with Gasteiger partial charge in [-0.05, 0) is 62.1 Å². The van der Waals surface area contributed by atoms with Crippen molar-refractivity contribution in [3.05, 3.63) is 59.4 Å². The van der Waals surface area contributed by atoms with E-state index < -0.39 is 0 Å². The van der Waals surface area contributed by atoms with Crippen molar-refractivity contribution >= 4 is 5.78 Å². The van der Waals surface area contributed by atoms with E-state index in [4.69, 9.17) is 14.2 Å². The number of rotatable bonds is 3. The molecule has 0 unspecified atom stereocenters. The van der Waals surface area contributed by atoms with Crippen LogP contribution in [0.4, 0.5) is 0 Å². The van der Waals surface area contributed by atoms with Crippen molar-refractivity contribution in [2.24, 2.45) is 0 Å². The smallest absolute Gasteiger partial charge is 0.203 e. The molecule has 0 amide bonds. The molecule has 4 bridgehead atoms. The molecule has 0 aliphatic carbocycles. The van der Waals surface area contributed by atoms with E-state index >= 15 is 0 Å². The Bertz CT molecular complexity index is 865. The molecule has 148 valence electrons. The normalized spacial score (nSPS) is 16.6. The summed E-state index contributed by atoms with van der Waals surface area (Å²) >= 11 is 0. The Morgan fingerprint density at radius 2 is 1.71 bits per heavy atom. The van der Waals surface area contributed by atoms with E-state index in [1.807, 2.05) is 50.2 Å². The van der Waals surface area contributed by atoms with Crippen molar-refractivity contribution in [3.8, 4) is 23.0 Å². The van der Waals surface area contributed by atoms with Crippen LogP contribution in [0.1, 0.15) is 37.8 Å². The Labute approximate surface area is 165 Å². The second kappa shape index (κ2) is 8.83. The number of carbonyl (C=O) groups is 1. The number of ether oxygens (including phenoxy) is 3. The topological polar surface area (TPSA) is 65.0 Å². The van der Waals surface area contributed by atoms with E-state index in [0.29, 0.717) is 48.7 Å². The largest absolute Gasteiger partial charge is 0.512 e. The second-order valence-electron chi connectivity index (χ2n) is 7.14. The number of aryl methyl sites for hydroxylation is 2. The van der Waals surface area contributed by atoms with Crippen LogP contribution in [0.15, 0.2) is 48.2 Å². The van der Waals surface area contributed by atoms with Gasteiger partial charge in [-0.3, -0.25) is 4.79 Å². The van der Waals surface area contributed by atoms with Crippen LogP contribution < -0.4 is 14.2 Å². The van der Waals surface area contributed by atoms with E-state index in [1.165, 1.54) is 6.08 Å². The number of aliphatic hydroxyl groups excluding tert-OH is 1. The monoisotopic (exact) mass is 382 g/mol. The zero-order valence-electron chi connectivity index (χ0n) is 16.5. The zero-order chi connectivity index (χ0) is 20.1. The molecule has 0 saturated heterocycles. The molecule has 2 aromatic carbocycles. The predicted molar refractivity (Wildman–Crippen MR) is 108 cm³/mol. The lowest BCUT2D eigenvalue weighted by Gasteiger charge is -2.18. The number of methoxy groups -OCH3 is 1. The highest BCUT2D eigenvalue weighted by atomic mass is 16.5. The Morgan fingerprint density at radius 3 is 2.39 bits per heavy atom. The fraction of sp³-hybridized carbons (Fsp3) is 0.348. The fourth-order valence-corrected chi connectivity index (χ4v) is 3.12. The number of aliphatic hydroxyl groups is 1. The maximum Gasteiger partial charge on any atom is 0.203 e. The highest BCUT2D eigenvalue weighted by molar-refractivity contribution is 5.90. The molecule has 0 radical (unpaired) electrons. The van der Waals surface area contributed by atoms with Crippen LogP contribution in [0.5, 0.6) is 23.0 Å². The summed E-state index contributed by atoms with van der Waals surface area (Å²) in [7, 11) is 1.58. The Kier molecular flexibility index (Phi) is 6.24. The molecule has 0 spiro atoms. The number of benzene rings is 2. The Morgan fingerprint density at radius 1 is 1.00 bits per heavy atom. The third-order valence-corrected chi connectivity index (χ3v) is 4.46. The summed E-state index contributed by atoms with van der Waals surface area (Å²) in [6.45, 7) is 3.89. The summed E-state index contributed by atoms with van der Waals surface area (Å²) in [5.41, 5.74) is 1.96. The molecule has 4 rings (SSSR count). The van der Waals surface area contributed by atoms with Gasteiger partial charge in [0.25, 0.3) is 0 Å². The number of carbonyl (C=O) groups excluding carboxylic acids is 1. The SMILES string of the molecule is COc1c2cc(cc1OC(C)C)CC/C(O)=C/C(=O)CCc1ccc(cc1)O2. The van der Waals surface area contributed by atoms with Crippen LogP contribution in [-0.4, -0.2) is 24.1 Å². The van der Waals surface area contributed by atoms with Crippen molar-refractivity contribution in [2.75, 3.05) is 7.11 Å². The van der Waals surface area contributed by atoms with Gasteiger partial charge in [-0.1, -0.05) is 12.1 Å². The first-order chi connectivity index (χ1) is 13.4. The summed E-state index contributed by atoms with van der Waals surface area (Å²) < 4.78 is 17.6. The molecular weight excluding hydrogens is 356 g/mol. The van der Waals surface area contributed by atoms with E-state index in [9.17, 15) is 9.90 Å². The minimum atomic E-state index is -0.0769. The summed E-state index contributed by atoms with van der Waals surface area (Å²) in [4.78, 5) is 12.1. The van der Waals surface area contributed by atoms with Crippen LogP contribution in [0.3, 0.4) is 0 Å². The third kappa shape index (κ3) is 5.06. The average Bonchev–Trinajstić information content (AvgIpc) is 2.65.